The minimum Gasteiger partial charge on any atom is -0.268 e. The summed E-state index contributed by atoms with van der Waals surface area (Å²) >= 11 is 0. The number of aryl methyl sites for hydroxylation is 1. The van der Waals surface area contributed by atoms with Crippen molar-refractivity contribution >= 4 is 10.9 Å². The van der Waals surface area contributed by atoms with Gasteiger partial charge >= 0.3 is 0 Å². The van der Waals surface area contributed by atoms with Gasteiger partial charge in [0.05, 0.1) is 10.9 Å². The Bertz CT molecular complexity index is 759. The molecule has 0 atom stereocenters. The maximum absolute atomic E-state index is 12.3. The first-order valence-corrected chi connectivity index (χ1v) is 5.54. The molecule has 0 saturated heterocycles. The van der Waals surface area contributed by atoms with Crippen LogP contribution in [0.2, 0.25) is 0 Å². The fourth-order valence-electron chi connectivity index (χ4n) is 1.79. The van der Waals surface area contributed by atoms with E-state index in [1.54, 1.807) is 18.2 Å². The number of tetrazole rings is 1. The van der Waals surface area contributed by atoms with E-state index in [-0.39, 0.29) is 5.56 Å². The number of para-hydroxylation sites is 1. The predicted molar refractivity (Wildman–Crippen MR) is 64.4 cm³/mol. The number of hydrogen-bond donors (Lipinski definition) is 0. The van der Waals surface area contributed by atoms with Crippen LogP contribution in [0.15, 0.2) is 35.4 Å². The van der Waals surface area contributed by atoms with Crippen molar-refractivity contribution in [2.75, 3.05) is 0 Å². The zero-order chi connectivity index (χ0) is 12.5. The molecule has 0 unspecified atom stereocenters. The van der Waals surface area contributed by atoms with E-state index in [0.29, 0.717) is 23.4 Å². The molecule has 1 aromatic carbocycles. The molecule has 0 radical (unpaired) electrons. The highest BCUT2D eigenvalue weighted by atomic mass is 16.1. The summed E-state index contributed by atoms with van der Waals surface area (Å²) in [5.74, 6) is 0.376. The van der Waals surface area contributed by atoms with E-state index in [0.717, 1.165) is 0 Å². The van der Waals surface area contributed by atoms with Crippen LogP contribution >= 0.6 is 0 Å². The summed E-state index contributed by atoms with van der Waals surface area (Å²) < 4.78 is 2.89. The fraction of sp³-hybridized carbons (Fsp3) is 0.182. The Labute approximate surface area is 102 Å². The molecular formula is C11H10N6O. The van der Waals surface area contributed by atoms with Crippen LogP contribution in [0.5, 0.6) is 0 Å². The van der Waals surface area contributed by atoms with Gasteiger partial charge in [-0.3, -0.25) is 4.79 Å². The van der Waals surface area contributed by atoms with Crippen molar-refractivity contribution in [3.8, 4) is 5.95 Å². The molecule has 90 valence electrons. The van der Waals surface area contributed by atoms with Gasteiger partial charge in [0.15, 0.2) is 0 Å². The minimum atomic E-state index is -0.176. The van der Waals surface area contributed by atoms with E-state index in [4.69, 9.17) is 0 Å². The number of rotatable bonds is 2. The highest BCUT2D eigenvalue weighted by Gasteiger charge is 2.11. The van der Waals surface area contributed by atoms with Gasteiger partial charge in [0.1, 0.15) is 6.33 Å². The normalized spacial score (nSPS) is 10.9. The molecule has 0 spiro atoms. The van der Waals surface area contributed by atoms with E-state index in [9.17, 15) is 4.79 Å². The number of aromatic nitrogens is 6. The molecule has 0 aliphatic heterocycles. The molecule has 18 heavy (non-hydrogen) atoms. The molecule has 0 bridgehead atoms. The van der Waals surface area contributed by atoms with Crippen LogP contribution in [0.3, 0.4) is 0 Å². The molecule has 0 aliphatic carbocycles. The third-order valence-corrected chi connectivity index (χ3v) is 2.69. The second kappa shape index (κ2) is 4.02. The Morgan fingerprint density at radius 2 is 2.11 bits per heavy atom. The standard InChI is InChI=1S/C11H10N6O/c1-2-17-11(13-14-15-17)16-7-12-9-6-4-3-5-8(9)10(16)18/h3-7H,2H2,1H3. The van der Waals surface area contributed by atoms with Gasteiger partial charge in [-0.15, -0.1) is 0 Å². The van der Waals surface area contributed by atoms with Crippen molar-refractivity contribution in [1.82, 2.24) is 29.8 Å². The third-order valence-electron chi connectivity index (χ3n) is 2.69. The van der Waals surface area contributed by atoms with Crippen LogP contribution in [0.4, 0.5) is 0 Å². The van der Waals surface area contributed by atoms with E-state index >= 15 is 0 Å². The first-order chi connectivity index (χ1) is 8.81. The van der Waals surface area contributed by atoms with Crippen LogP contribution in [-0.2, 0) is 6.54 Å². The smallest absolute Gasteiger partial charge is 0.268 e. The average Bonchev–Trinajstić information content (AvgIpc) is 2.88. The topological polar surface area (TPSA) is 78.5 Å². The van der Waals surface area contributed by atoms with Gasteiger partial charge in [-0.2, -0.15) is 0 Å². The third kappa shape index (κ3) is 1.48. The van der Waals surface area contributed by atoms with E-state index in [2.05, 4.69) is 20.5 Å². The monoisotopic (exact) mass is 242 g/mol. The summed E-state index contributed by atoms with van der Waals surface area (Å²) in [4.78, 5) is 16.5. The lowest BCUT2D eigenvalue weighted by atomic mass is 10.2. The summed E-state index contributed by atoms with van der Waals surface area (Å²) in [6, 6.07) is 7.18. The van der Waals surface area contributed by atoms with Crippen LogP contribution in [0.1, 0.15) is 6.92 Å². The van der Waals surface area contributed by atoms with Crippen molar-refractivity contribution < 1.29 is 0 Å². The second-order valence-corrected chi connectivity index (χ2v) is 3.73. The Hall–Kier alpha value is -2.57. The predicted octanol–water partition coefficient (Wildman–Crippen LogP) is 0.392. The minimum absolute atomic E-state index is 0.176. The molecule has 0 fully saturated rings. The summed E-state index contributed by atoms with van der Waals surface area (Å²) in [5, 5.41) is 11.8. The first kappa shape index (κ1) is 10.6. The zero-order valence-electron chi connectivity index (χ0n) is 9.69. The van der Waals surface area contributed by atoms with Gasteiger partial charge < -0.3 is 0 Å². The Kier molecular flexibility index (Phi) is 2.36. The lowest BCUT2D eigenvalue weighted by molar-refractivity contribution is 0.607. The Morgan fingerprint density at radius 3 is 2.94 bits per heavy atom. The molecule has 0 N–H and O–H groups in total. The molecule has 0 saturated carbocycles. The SMILES string of the molecule is CCn1nnnc1-n1cnc2ccccc2c1=O. The lowest BCUT2D eigenvalue weighted by Gasteiger charge is -2.04. The van der Waals surface area contributed by atoms with E-state index in [1.807, 2.05) is 13.0 Å². The number of benzene rings is 1. The molecule has 7 nitrogen and oxygen atoms in total. The molecule has 7 heteroatoms. The quantitative estimate of drug-likeness (QED) is 0.649. The summed E-state index contributed by atoms with van der Waals surface area (Å²) in [6.45, 7) is 2.49. The van der Waals surface area contributed by atoms with Crippen LogP contribution in [0, 0.1) is 0 Å². The Balaban J connectivity index is 2.31. The molecule has 0 amide bonds. The summed E-state index contributed by atoms with van der Waals surface area (Å²) in [7, 11) is 0. The van der Waals surface area contributed by atoms with Crippen molar-refractivity contribution in [2.45, 2.75) is 13.5 Å². The molecular weight excluding hydrogens is 232 g/mol. The number of hydrogen-bond acceptors (Lipinski definition) is 5. The summed E-state index contributed by atoms with van der Waals surface area (Å²) in [5.41, 5.74) is 0.486. The highest BCUT2D eigenvalue weighted by molar-refractivity contribution is 5.77. The maximum atomic E-state index is 12.3. The van der Waals surface area contributed by atoms with Gasteiger partial charge in [-0.25, -0.2) is 14.2 Å². The average molecular weight is 242 g/mol. The number of fused-ring (bicyclic) bond motifs is 1. The van der Waals surface area contributed by atoms with Gasteiger partial charge in [0.25, 0.3) is 11.5 Å². The van der Waals surface area contributed by atoms with Gasteiger partial charge in [-0.1, -0.05) is 17.2 Å². The van der Waals surface area contributed by atoms with Crippen molar-refractivity contribution in [2.24, 2.45) is 0 Å². The molecule has 3 rings (SSSR count). The van der Waals surface area contributed by atoms with Crippen molar-refractivity contribution in [1.29, 1.82) is 0 Å². The van der Waals surface area contributed by atoms with Gasteiger partial charge in [-0.05, 0) is 29.5 Å². The van der Waals surface area contributed by atoms with Crippen LogP contribution < -0.4 is 5.56 Å². The largest absolute Gasteiger partial charge is 0.268 e. The summed E-state index contributed by atoms with van der Waals surface area (Å²) in [6.07, 6.45) is 1.45. The first-order valence-electron chi connectivity index (χ1n) is 5.54. The van der Waals surface area contributed by atoms with Crippen LogP contribution in [0.25, 0.3) is 16.9 Å². The van der Waals surface area contributed by atoms with Crippen LogP contribution in [-0.4, -0.2) is 29.8 Å². The van der Waals surface area contributed by atoms with E-state index in [1.165, 1.54) is 15.6 Å². The molecule has 3 aromatic rings. The maximum Gasteiger partial charge on any atom is 0.268 e. The van der Waals surface area contributed by atoms with Gasteiger partial charge in [0.2, 0.25) is 0 Å². The molecule has 0 aliphatic rings. The van der Waals surface area contributed by atoms with E-state index < -0.39 is 0 Å². The Morgan fingerprint density at radius 1 is 1.28 bits per heavy atom. The zero-order valence-corrected chi connectivity index (χ0v) is 9.69. The second-order valence-electron chi connectivity index (χ2n) is 3.73. The number of nitrogens with zero attached hydrogens (tertiary/aromatic N) is 6. The highest BCUT2D eigenvalue weighted by Crippen LogP contribution is 2.06. The lowest BCUT2D eigenvalue weighted by Crippen LogP contribution is -2.22. The fourth-order valence-corrected chi connectivity index (χ4v) is 1.79. The van der Waals surface area contributed by atoms with Crippen molar-refractivity contribution in [3.63, 3.8) is 0 Å². The molecule has 2 aromatic heterocycles. The molecule has 2 heterocycles. The van der Waals surface area contributed by atoms with Gasteiger partial charge in [0, 0.05) is 6.54 Å². The van der Waals surface area contributed by atoms with Crippen molar-refractivity contribution in [3.05, 3.63) is 40.9 Å².